The molecule has 1 N–H and O–H groups in total. The molecule has 0 amide bonds. The summed E-state index contributed by atoms with van der Waals surface area (Å²) in [6, 6.07) is 7.45. The summed E-state index contributed by atoms with van der Waals surface area (Å²) >= 11 is 9.32. The van der Waals surface area contributed by atoms with Crippen LogP contribution in [0.3, 0.4) is 0 Å². The standard InChI is InChI=1S/C16H19BrClNO2/c1-11(2)7-19-8-12-5-14(20-9-12)10-21-16-4-3-13(18)6-15(16)17/h3-6,9,11,19H,7-8,10H2,1-2H3. The van der Waals surface area contributed by atoms with E-state index < -0.39 is 0 Å². The number of hydrogen-bond donors (Lipinski definition) is 1. The Bertz CT molecular complexity index is 583. The normalized spacial score (nSPS) is 11.1. The molecule has 5 heteroatoms. The molecule has 0 unspecified atom stereocenters. The Morgan fingerprint density at radius 1 is 1.33 bits per heavy atom. The summed E-state index contributed by atoms with van der Waals surface area (Å²) in [5.41, 5.74) is 1.13. The quantitative estimate of drug-likeness (QED) is 0.741. The second-order valence-corrected chi connectivity index (χ2v) is 6.60. The lowest BCUT2D eigenvalue weighted by atomic mass is 10.2. The van der Waals surface area contributed by atoms with Crippen molar-refractivity contribution in [1.82, 2.24) is 5.32 Å². The van der Waals surface area contributed by atoms with Gasteiger partial charge in [-0.1, -0.05) is 25.4 Å². The monoisotopic (exact) mass is 371 g/mol. The molecule has 0 aliphatic heterocycles. The molecule has 2 rings (SSSR count). The first kappa shape index (κ1) is 16.4. The molecular weight excluding hydrogens is 354 g/mol. The van der Waals surface area contributed by atoms with E-state index in [2.05, 4.69) is 35.1 Å². The molecule has 0 spiro atoms. The van der Waals surface area contributed by atoms with Gasteiger partial charge >= 0.3 is 0 Å². The van der Waals surface area contributed by atoms with Gasteiger partial charge in [-0.15, -0.1) is 0 Å². The van der Waals surface area contributed by atoms with Crippen LogP contribution in [-0.2, 0) is 13.2 Å². The van der Waals surface area contributed by atoms with E-state index in [-0.39, 0.29) is 0 Å². The van der Waals surface area contributed by atoms with Crippen molar-refractivity contribution in [1.29, 1.82) is 0 Å². The molecule has 1 aromatic heterocycles. The van der Waals surface area contributed by atoms with Crippen LogP contribution in [0.15, 0.2) is 39.4 Å². The first-order chi connectivity index (χ1) is 10.0. The summed E-state index contributed by atoms with van der Waals surface area (Å²) in [7, 11) is 0. The van der Waals surface area contributed by atoms with Crippen LogP contribution in [0.2, 0.25) is 5.02 Å². The summed E-state index contributed by atoms with van der Waals surface area (Å²) in [4.78, 5) is 0. The van der Waals surface area contributed by atoms with E-state index in [0.717, 1.165) is 34.6 Å². The number of ether oxygens (including phenoxy) is 1. The molecule has 2 aromatic rings. The Balaban J connectivity index is 1.85. The van der Waals surface area contributed by atoms with Gasteiger partial charge in [0, 0.05) is 17.1 Å². The van der Waals surface area contributed by atoms with Crippen molar-refractivity contribution in [3.8, 4) is 5.75 Å². The van der Waals surface area contributed by atoms with Crippen molar-refractivity contribution >= 4 is 27.5 Å². The topological polar surface area (TPSA) is 34.4 Å². The Hall–Kier alpha value is -0.970. The van der Waals surface area contributed by atoms with Crippen LogP contribution < -0.4 is 10.1 Å². The van der Waals surface area contributed by atoms with Crippen LogP contribution in [0, 0.1) is 5.92 Å². The minimum atomic E-state index is 0.393. The van der Waals surface area contributed by atoms with Gasteiger partial charge in [0.2, 0.25) is 0 Å². The number of furan rings is 1. The Morgan fingerprint density at radius 2 is 2.14 bits per heavy atom. The molecule has 0 bridgehead atoms. The van der Waals surface area contributed by atoms with E-state index in [1.54, 1.807) is 18.4 Å². The molecule has 1 heterocycles. The Morgan fingerprint density at radius 3 is 2.86 bits per heavy atom. The molecule has 0 saturated heterocycles. The lowest BCUT2D eigenvalue weighted by molar-refractivity contribution is 0.269. The highest BCUT2D eigenvalue weighted by Gasteiger charge is 2.06. The van der Waals surface area contributed by atoms with Crippen LogP contribution in [-0.4, -0.2) is 6.54 Å². The maximum absolute atomic E-state index is 5.90. The minimum Gasteiger partial charge on any atom is -0.484 e. The number of hydrogen-bond acceptors (Lipinski definition) is 3. The smallest absolute Gasteiger partial charge is 0.146 e. The molecule has 21 heavy (non-hydrogen) atoms. The molecule has 0 aliphatic rings. The van der Waals surface area contributed by atoms with Gasteiger partial charge in [-0.05, 0) is 52.7 Å². The van der Waals surface area contributed by atoms with E-state index in [1.165, 1.54) is 0 Å². The van der Waals surface area contributed by atoms with Crippen molar-refractivity contribution in [3.05, 3.63) is 51.3 Å². The highest BCUT2D eigenvalue weighted by molar-refractivity contribution is 9.10. The van der Waals surface area contributed by atoms with Crippen molar-refractivity contribution in [2.75, 3.05) is 6.54 Å². The molecular formula is C16H19BrClNO2. The second-order valence-electron chi connectivity index (χ2n) is 5.31. The van der Waals surface area contributed by atoms with Gasteiger partial charge in [0.15, 0.2) is 0 Å². The minimum absolute atomic E-state index is 0.393. The van der Waals surface area contributed by atoms with Crippen LogP contribution in [0.4, 0.5) is 0 Å². The zero-order valence-corrected chi connectivity index (χ0v) is 14.5. The second kappa shape index (κ2) is 7.87. The molecule has 1 aromatic carbocycles. The van der Waals surface area contributed by atoms with E-state index in [9.17, 15) is 0 Å². The van der Waals surface area contributed by atoms with Gasteiger partial charge in [-0.2, -0.15) is 0 Å². The average Bonchev–Trinajstić information content (AvgIpc) is 2.85. The van der Waals surface area contributed by atoms with Gasteiger partial charge in [-0.25, -0.2) is 0 Å². The fraction of sp³-hybridized carbons (Fsp3) is 0.375. The molecule has 3 nitrogen and oxygen atoms in total. The maximum atomic E-state index is 5.90. The summed E-state index contributed by atoms with van der Waals surface area (Å²) in [6.45, 7) is 6.57. The fourth-order valence-electron chi connectivity index (χ4n) is 1.84. The Labute approximate surface area is 138 Å². The number of halogens is 2. The molecule has 0 fully saturated rings. The van der Waals surface area contributed by atoms with Crippen LogP contribution >= 0.6 is 27.5 Å². The van der Waals surface area contributed by atoms with Gasteiger partial charge in [0.1, 0.15) is 18.1 Å². The molecule has 0 radical (unpaired) electrons. The van der Waals surface area contributed by atoms with Gasteiger partial charge < -0.3 is 14.5 Å². The summed E-state index contributed by atoms with van der Waals surface area (Å²) in [5.74, 6) is 2.19. The highest BCUT2D eigenvalue weighted by Crippen LogP contribution is 2.28. The summed E-state index contributed by atoms with van der Waals surface area (Å²) < 4.78 is 12.0. The number of benzene rings is 1. The first-order valence-electron chi connectivity index (χ1n) is 6.89. The third-order valence-corrected chi connectivity index (χ3v) is 3.71. The van der Waals surface area contributed by atoms with Gasteiger partial charge in [0.05, 0.1) is 10.7 Å². The zero-order chi connectivity index (χ0) is 15.2. The third kappa shape index (κ3) is 5.38. The first-order valence-corrected chi connectivity index (χ1v) is 8.06. The predicted octanol–water partition coefficient (Wildman–Crippen LogP) is 5.02. The van der Waals surface area contributed by atoms with Crippen LogP contribution in [0.1, 0.15) is 25.2 Å². The molecule has 0 atom stereocenters. The molecule has 114 valence electrons. The van der Waals surface area contributed by atoms with E-state index >= 15 is 0 Å². The molecule has 0 aliphatic carbocycles. The van der Waals surface area contributed by atoms with Crippen molar-refractivity contribution < 1.29 is 9.15 Å². The molecule has 0 saturated carbocycles. The van der Waals surface area contributed by atoms with Crippen LogP contribution in [0.5, 0.6) is 5.75 Å². The maximum Gasteiger partial charge on any atom is 0.146 e. The predicted molar refractivity (Wildman–Crippen MR) is 88.7 cm³/mol. The average molecular weight is 373 g/mol. The number of rotatable bonds is 7. The van der Waals surface area contributed by atoms with E-state index in [4.69, 9.17) is 20.8 Å². The SMILES string of the molecule is CC(C)CNCc1coc(COc2ccc(Cl)cc2Br)c1. The lowest BCUT2D eigenvalue weighted by Gasteiger charge is -2.06. The van der Waals surface area contributed by atoms with Crippen molar-refractivity contribution in [2.24, 2.45) is 5.92 Å². The zero-order valence-electron chi connectivity index (χ0n) is 12.2. The third-order valence-electron chi connectivity index (χ3n) is 2.85. The fourth-order valence-corrected chi connectivity index (χ4v) is 2.64. The van der Waals surface area contributed by atoms with E-state index in [0.29, 0.717) is 17.5 Å². The highest BCUT2D eigenvalue weighted by atomic mass is 79.9. The Kier molecular flexibility index (Phi) is 6.15. The van der Waals surface area contributed by atoms with E-state index in [1.807, 2.05) is 12.1 Å². The van der Waals surface area contributed by atoms with Gasteiger partial charge in [0.25, 0.3) is 0 Å². The van der Waals surface area contributed by atoms with Crippen LogP contribution in [0.25, 0.3) is 0 Å². The largest absolute Gasteiger partial charge is 0.484 e. The van der Waals surface area contributed by atoms with Crippen molar-refractivity contribution in [2.45, 2.75) is 27.0 Å². The number of nitrogens with one attached hydrogen (secondary N) is 1. The van der Waals surface area contributed by atoms with Gasteiger partial charge in [-0.3, -0.25) is 0 Å². The lowest BCUT2D eigenvalue weighted by Crippen LogP contribution is -2.18. The van der Waals surface area contributed by atoms with Crippen molar-refractivity contribution in [3.63, 3.8) is 0 Å². The summed E-state index contributed by atoms with van der Waals surface area (Å²) in [6.07, 6.45) is 1.77. The summed E-state index contributed by atoms with van der Waals surface area (Å²) in [5, 5.41) is 4.05.